The molecule has 1 heterocycles. The number of hydrogen-bond acceptors (Lipinski definition) is 2. The minimum Gasteiger partial charge on any atom is -0.317 e. The van der Waals surface area contributed by atoms with Crippen molar-refractivity contribution in [2.45, 2.75) is 38.1 Å². The smallest absolute Gasteiger partial charge is 0.0621 e. The Morgan fingerprint density at radius 1 is 1.56 bits per heavy atom. The first-order valence-electron chi connectivity index (χ1n) is 6.07. The summed E-state index contributed by atoms with van der Waals surface area (Å²) >= 11 is 6.07. The van der Waals surface area contributed by atoms with Gasteiger partial charge in [0.05, 0.1) is 5.02 Å². The third kappa shape index (κ3) is 3.19. The van der Waals surface area contributed by atoms with E-state index >= 15 is 0 Å². The molecule has 0 amide bonds. The molecular formula is C13H19ClN2. The molecular weight excluding hydrogens is 220 g/mol. The highest BCUT2D eigenvalue weighted by molar-refractivity contribution is 6.31. The first kappa shape index (κ1) is 11.9. The van der Waals surface area contributed by atoms with Crippen LogP contribution in [-0.2, 0) is 6.42 Å². The van der Waals surface area contributed by atoms with Crippen LogP contribution in [0.5, 0.6) is 0 Å². The van der Waals surface area contributed by atoms with Gasteiger partial charge in [0.15, 0.2) is 0 Å². The number of nitrogens with one attached hydrogen (secondary N) is 1. The predicted molar refractivity (Wildman–Crippen MR) is 67.8 cm³/mol. The summed E-state index contributed by atoms with van der Waals surface area (Å²) < 4.78 is 0. The zero-order chi connectivity index (χ0) is 11.4. The summed E-state index contributed by atoms with van der Waals surface area (Å²) in [5.74, 6) is 0.929. The molecule has 0 radical (unpaired) electrons. The van der Waals surface area contributed by atoms with Gasteiger partial charge in [-0.1, -0.05) is 11.6 Å². The van der Waals surface area contributed by atoms with E-state index in [1.165, 1.54) is 31.2 Å². The molecule has 88 valence electrons. The molecule has 1 aromatic heterocycles. The zero-order valence-electron chi connectivity index (χ0n) is 9.75. The van der Waals surface area contributed by atoms with Gasteiger partial charge in [0.1, 0.15) is 0 Å². The van der Waals surface area contributed by atoms with E-state index in [2.05, 4.69) is 17.3 Å². The molecule has 0 aromatic carbocycles. The summed E-state index contributed by atoms with van der Waals surface area (Å²) in [7, 11) is 2.07. The summed E-state index contributed by atoms with van der Waals surface area (Å²) in [5.41, 5.74) is 1.22. The number of hydrogen-bond donors (Lipinski definition) is 1. The monoisotopic (exact) mass is 238 g/mol. The van der Waals surface area contributed by atoms with Crippen LogP contribution >= 0.6 is 11.6 Å². The van der Waals surface area contributed by atoms with Gasteiger partial charge in [-0.2, -0.15) is 0 Å². The van der Waals surface area contributed by atoms with Gasteiger partial charge in [0.2, 0.25) is 0 Å². The molecule has 0 spiro atoms. The molecule has 0 bridgehead atoms. The number of aryl methyl sites for hydroxylation is 1. The van der Waals surface area contributed by atoms with Crippen LogP contribution in [0, 0.1) is 5.92 Å². The van der Waals surface area contributed by atoms with Crippen molar-refractivity contribution in [3.63, 3.8) is 0 Å². The number of rotatable bonds is 6. The van der Waals surface area contributed by atoms with Crippen LogP contribution in [0.2, 0.25) is 5.02 Å². The van der Waals surface area contributed by atoms with E-state index in [9.17, 15) is 0 Å². The lowest BCUT2D eigenvalue weighted by molar-refractivity contribution is 0.456. The summed E-state index contributed by atoms with van der Waals surface area (Å²) in [4.78, 5) is 4.00. The van der Waals surface area contributed by atoms with Gasteiger partial charge in [-0.3, -0.25) is 4.98 Å². The van der Waals surface area contributed by atoms with Crippen molar-refractivity contribution in [3.05, 3.63) is 29.0 Å². The predicted octanol–water partition coefficient (Wildman–Crippen LogP) is 3.06. The minimum atomic E-state index is 0.709. The molecule has 16 heavy (non-hydrogen) atoms. The summed E-state index contributed by atoms with van der Waals surface area (Å²) in [6, 6.07) is 2.73. The van der Waals surface area contributed by atoms with E-state index in [1.54, 1.807) is 6.20 Å². The normalized spacial score (nSPS) is 17.4. The van der Waals surface area contributed by atoms with Crippen molar-refractivity contribution < 1.29 is 0 Å². The van der Waals surface area contributed by atoms with Crippen LogP contribution in [0.15, 0.2) is 18.5 Å². The van der Waals surface area contributed by atoms with E-state index < -0.39 is 0 Å². The van der Waals surface area contributed by atoms with Crippen LogP contribution in [0.3, 0.4) is 0 Å². The molecule has 1 aliphatic carbocycles. The maximum Gasteiger partial charge on any atom is 0.0621 e. The first-order valence-corrected chi connectivity index (χ1v) is 6.44. The van der Waals surface area contributed by atoms with Gasteiger partial charge in [0, 0.05) is 18.4 Å². The molecule has 1 unspecified atom stereocenters. The molecule has 1 saturated carbocycles. The van der Waals surface area contributed by atoms with Gasteiger partial charge >= 0.3 is 0 Å². The minimum absolute atomic E-state index is 0.709. The van der Waals surface area contributed by atoms with E-state index in [0.717, 1.165) is 17.4 Å². The van der Waals surface area contributed by atoms with E-state index in [1.807, 2.05) is 12.3 Å². The SMILES string of the molecule is CNC(CCCc1ccncc1Cl)C1CC1. The molecule has 1 aromatic rings. The number of halogens is 1. The van der Waals surface area contributed by atoms with E-state index in [4.69, 9.17) is 11.6 Å². The molecule has 3 heteroatoms. The summed E-state index contributed by atoms with van der Waals surface area (Å²) in [6.07, 6.45) is 9.87. The largest absolute Gasteiger partial charge is 0.317 e. The van der Waals surface area contributed by atoms with Crippen LogP contribution in [0.4, 0.5) is 0 Å². The van der Waals surface area contributed by atoms with Gasteiger partial charge in [-0.05, 0) is 56.7 Å². The highest BCUT2D eigenvalue weighted by atomic mass is 35.5. The molecule has 0 saturated heterocycles. The Kier molecular flexibility index (Phi) is 4.19. The van der Waals surface area contributed by atoms with Gasteiger partial charge < -0.3 is 5.32 Å². The maximum absolute atomic E-state index is 6.07. The topological polar surface area (TPSA) is 24.9 Å². The first-order chi connectivity index (χ1) is 7.81. The van der Waals surface area contributed by atoms with E-state index in [0.29, 0.717) is 6.04 Å². The van der Waals surface area contributed by atoms with E-state index in [-0.39, 0.29) is 0 Å². The number of pyridine rings is 1. The average Bonchev–Trinajstić information content (AvgIpc) is 3.11. The molecule has 1 N–H and O–H groups in total. The molecule has 1 aliphatic rings. The molecule has 2 rings (SSSR count). The molecule has 0 aliphatic heterocycles. The second kappa shape index (κ2) is 5.65. The lowest BCUT2D eigenvalue weighted by atomic mass is 10.0. The van der Waals surface area contributed by atoms with Crippen molar-refractivity contribution in [2.75, 3.05) is 7.05 Å². The fourth-order valence-electron chi connectivity index (χ4n) is 2.23. The second-order valence-electron chi connectivity index (χ2n) is 4.59. The Labute approximate surface area is 102 Å². The zero-order valence-corrected chi connectivity index (χ0v) is 10.5. The van der Waals surface area contributed by atoms with Crippen molar-refractivity contribution >= 4 is 11.6 Å². The Morgan fingerprint density at radius 3 is 3.00 bits per heavy atom. The Bertz CT molecular complexity index is 336. The lowest BCUT2D eigenvalue weighted by Crippen LogP contribution is -2.27. The maximum atomic E-state index is 6.07. The van der Waals surface area contributed by atoms with Crippen LogP contribution < -0.4 is 5.32 Å². The second-order valence-corrected chi connectivity index (χ2v) is 5.00. The fraction of sp³-hybridized carbons (Fsp3) is 0.615. The summed E-state index contributed by atoms with van der Waals surface area (Å²) in [6.45, 7) is 0. The number of nitrogens with zero attached hydrogens (tertiary/aromatic N) is 1. The van der Waals surface area contributed by atoms with Crippen molar-refractivity contribution in [3.8, 4) is 0 Å². The van der Waals surface area contributed by atoms with Gasteiger partial charge in [0.25, 0.3) is 0 Å². The van der Waals surface area contributed by atoms with Crippen LogP contribution in [0.1, 0.15) is 31.2 Å². The van der Waals surface area contributed by atoms with Crippen LogP contribution in [-0.4, -0.2) is 18.1 Å². The molecule has 2 nitrogen and oxygen atoms in total. The third-order valence-corrected chi connectivity index (χ3v) is 3.72. The lowest BCUT2D eigenvalue weighted by Gasteiger charge is -2.14. The molecule has 1 atom stereocenters. The van der Waals surface area contributed by atoms with Crippen molar-refractivity contribution in [1.29, 1.82) is 0 Å². The molecule has 1 fully saturated rings. The number of aromatic nitrogens is 1. The standard InChI is InChI=1S/C13H19ClN2/c1-15-13(11-5-6-11)4-2-3-10-7-8-16-9-12(10)14/h7-9,11,13,15H,2-6H2,1H3. The van der Waals surface area contributed by atoms with Crippen LogP contribution in [0.25, 0.3) is 0 Å². The van der Waals surface area contributed by atoms with Gasteiger partial charge in [-0.15, -0.1) is 0 Å². The highest BCUT2D eigenvalue weighted by Gasteiger charge is 2.29. The van der Waals surface area contributed by atoms with Crippen molar-refractivity contribution in [2.24, 2.45) is 5.92 Å². The third-order valence-electron chi connectivity index (χ3n) is 3.38. The quantitative estimate of drug-likeness (QED) is 0.824. The summed E-state index contributed by atoms with van der Waals surface area (Å²) in [5, 5.41) is 4.22. The highest BCUT2D eigenvalue weighted by Crippen LogP contribution is 2.34. The average molecular weight is 239 g/mol. The Morgan fingerprint density at radius 2 is 2.38 bits per heavy atom. The Balaban J connectivity index is 1.77. The fourth-order valence-corrected chi connectivity index (χ4v) is 2.45. The van der Waals surface area contributed by atoms with Crippen molar-refractivity contribution in [1.82, 2.24) is 10.3 Å². The van der Waals surface area contributed by atoms with Gasteiger partial charge in [-0.25, -0.2) is 0 Å². The Hall–Kier alpha value is -0.600.